The number of amides is 1. The maximum Gasteiger partial charge on any atom is 0.257 e. The second-order valence-electron chi connectivity index (χ2n) is 5.71. The number of nitrogens with zero attached hydrogens (tertiary/aromatic N) is 2. The quantitative estimate of drug-likeness (QED) is 0.931. The summed E-state index contributed by atoms with van der Waals surface area (Å²) in [6.45, 7) is 0.243. The summed E-state index contributed by atoms with van der Waals surface area (Å²) in [5.41, 5.74) is 2.29. The first-order valence-electron chi connectivity index (χ1n) is 7.72. The molecule has 23 heavy (non-hydrogen) atoms. The molecule has 1 aromatic heterocycles. The Morgan fingerprint density at radius 3 is 2.74 bits per heavy atom. The van der Waals surface area contributed by atoms with Crippen LogP contribution in [0.15, 0.2) is 35.4 Å². The summed E-state index contributed by atoms with van der Waals surface area (Å²) in [6, 6.07) is 5.92. The minimum atomic E-state index is -0.313. The Morgan fingerprint density at radius 2 is 1.96 bits per heavy atom. The number of fused-ring (bicyclic) bond motifs is 1. The Kier molecular flexibility index (Phi) is 4.50. The van der Waals surface area contributed by atoms with E-state index in [2.05, 4.69) is 10.3 Å². The molecule has 0 radical (unpaired) electrons. The summed E-state index contributed by atoms with van der Waals surface area (Å²) in [6.07, 6.45) is 5.07. The van der Waals surface area contributed by atoms with E-state index in [1.807, 2.05) is 0 Å². The number of aryl methyl sites for hydroxylation is 1. The number of hydrogen-bond acceptors (Lipinski definition) is 3. The molecule has 1 aromatic carbocycles. The fraction of sp³-hybridized carbons (Fsp3) is 0.353. The normalized spacial score (nSPS) is 13.4. The molecule has 5 nitrogen and oxygen atoms in total. The largest absolute Gasteiger partial charge is 0.350 e. The number of rotatable bonds is 4. The highest BCUT2D eigenvalue weighted by Gasteiger charge is 2.16. The SMILES string of the molecule is O=C(Cn1cnc2c(c1=O)CCCC2)NCc1ccc(F)cc1. The maximum absolute atomic E-state index is 12.8. The molecule has 0 saturated heterocycles. The van der Waals surface area contributed by atoms with Crippen molar-refractivity contribution in [1.29, 1.82) is 0 Å². The Labute approximate surface area is 133 Å². The standard InChI is InChI=1S/C17H18FN3O2/c18-13-7-5-12(6-8-13)9-19-16(22)10-21-11-20-15-4-2-1-3-14(15)17(21)23/h5-8,11H,1-4,9-10H2,(H,19,22). The van der Waals surface area contributed by atoms with E-state index in [0.29, 0.717) is 6.54 Å². The van der Waals surface area contributed by atoms with Crippen molar-refractivity contribution in [2.75, 3.05) is 0 Å². The number of halogens is 1. The lowest BCUT2D eigenvalue weighted by Crippen LogP contribution is -2.34. The predicted octanol–water partition coefficient (Wildman–Crippen LogP) is 1.58. The van der Waals surface area contributed by atoms with Crippen molar-refractivity contribution in [3.8, 4) is 0 Å². The molecule has 0 fully saturated rings. The van der Waals surface area contributed by atoms with Crippen molar-refractivity contribution < 1.29 is 9.18 Å². The minimum absolute atomic E-state index is 0.0552. The van der Waals surface area contributed by atoms with Crippen LogP contribution in [0.25, 0.3) is 0 Å². The summed E-state index contributed by atoms with van der Waals surface area (Å²) in [4.78, 5) is 28.7. The Balaban J connectivity index is 1.64. The summed E-state index contributed by atoms with van der Waals surface area (Å²) in [5.74, 6) is -0.583. The van der Waals surface area contributed by atoms with Gasteiger partial charge in [0.25, 0.3) is 5.56 Å². The van der Waals surface area contributed by atoms with Gasteiger partial charge in [0.1, 0.15) is 12.4 Å². The summed E-state index contributed by atoms with van der Waals surface area (Å²) >= 11 is 0. The van der Waals surface area contributed by atoms with E-state index in [9.17, 15) is 14.0 Å². The van der Waals surface area contributed by atoms with E-state index in [0.717, 1.165) is 42.5 Å². The third-order valence-electron chi connectivity index (χ3n) is 4.03. The monoisotopic (exact) mass is 315 g/mol. The highest BCUT2D eigenvalue weighted by molar-refractivity contribution is 5.75. The Bertz CT molecular complexity index is 768. The molecule has 1 aliphatic carbocycles. The van der Waals surface area contributed by atoms with Crippen LogP contribution in [0.5, 0.6) is 0 Å². The van der Waals surface area contributed by atoms with E-state index in [-0.39, 0.29) is 23.8 Å². The molecule has 0 atom stereocenters. The van der Waals surface area contributed by atoms with Gasteiger partial charge in [-0.1, -0.05) is 12.1 Å². The van der Waals surface area contributed by atoms with Gasteiger partial charge in [0, 0.05) is 12.1 Å². The fourth-order valence-electron chi connectivity index (χ4n) is 2.75. The van der Waals surface area contributed by atoms with Crippen molar-refractivity contribution >= 4 is 5.91 Å². The smallest absolute Gasteiger partial charge is 0.257 e. The van der Waals surface area contributed by atoms with Gasteiger partial charge < -0.3 is 5.32 Å². The molecule has 1 aliphatic rings. The predicted molar refractivity (Wildman–Crippen MR) is 83.4 cm³/mol. The van der Waals surface area contributed by atoms with Crippen LogP contribution in [0.3, 0.4) is 0 Å². The van der Waals surface area contributed by atoms with Crippen LogP contribution in [-0.4, -0.2) is 15.5 Å². The lowest BCUT2D eigenvalue weighted by atomic mass is 9.97. The van der Waals surface area contributed by atoms with Crippen molar-refractivity contribution in [2.45, 2.75) is 38.8 Å². The first-order chi connectivity index (χ1) is 11.1. The molecule has 0 spiro atoms. The number of carbonyl (C=O) groups excluding carboxylic acids is 1. The van der Waals surface area contributed by atoms with Gasteiger partial charge >= 0.3 is 0 Å². The van der Waals surface area contributed by atoms with E-state index in [4.69, 9.17) is 0 Å². The average molecular weight is 315 g/mol. The maximum atomic E-state index is 12.8. The fourth-order valence-corrected chi connectivity index (χ4v) is 2.75. The number of carbonyl (C=O) groups is 1. The van der Waals surface area contributed by atoms with Crippen LogP contribution < -0.4 is 10.9 Å². The average Bonchev–Trinajstić information content (AvgIpc) is 2.57. The van der Waals surface area contributed by atoms with Crippen LogP contribution >= 0.6 is 0 Å². The molecular weight excluding hydrogens is 297 g/mol. The Hall–Kier alpha value is -2.50. The molecule has 120 valence electrons. The molecule has 1 amide bonds. The molecule has 6 heteroatoms. The van der Waals surface area contributed by atoms with Gasteiger partial charge in [-0.25, -0.2) is 9.37 Å². The van der Waals surface area contributed by atoms with Gasteiger partial charge in [0.2, 0.25) is 5.91 Å². The molecular formula is C17H18FN3O2. The van der Waals surface area contributed by atoms with E-state index >= 15 is 0 Å². The topological polar surface area (TPSA) is 64.0 Å². The van der Waals surface area contributed by atoms with Crippen molar-refractivity contribution in [3.05, 3.63) is 63.6 Å². The van der Waals surface area contributed by atoms with Crippen LogP contribution in [0, 0.1) is 5.82 Å². The third-order valence-corrected chi connectivity index (χ3v) is 4.03. The molecule has 0 aliphatic heterocycles. The van der Waals surface area contributed by atoms with Gasteiger partial charge in [-0.15, -0.1) is 0 Å². The Morgan fingerprint density at radius 1 is 1.22 bits per heavy atom. The second-order valence-corrected chi connectivity index (χ2v) is 5.71. The number of nitrogens with one attached hydrogen (secondary N) is 1. The summed E-state index contributed by atoms with van der Waals surface area (Å²) < 4.78 is 14.2. The van der Waals surface area contributed by atoms with Crippen LogP contribution in [0.4, 0.5) is 4.39 Å². The highest BCUT2D eigenvalue weighted by Crippen LogP contribution is 2.15. The third kappa shape index (κ3) is 3.64. The molecule has 2 aromatic rings. The molecule has 1 heterocycles. The van der Waals surface area contributed by atoms with E-state index < -0.39 is 0 Å². The number of aromatic nitrogens is 2. The van der Waals surface area contributed by atoms with Crippen molar-refractivity contribution in [3.63, 3.8) is 0 Å². The first-order valence-corrected chi connectivity index (χ1v) is 7.72. The van der Waals surface area contributed by atoms with Gasteiger partial charge in [-0.3, -0.25) is 14.2 Å². The van der Waals surface area contributed by atoms with E-state index in [1.54, 1.807) is 12.1 Å². The second kappa shape index (κ2) is 6.73. The van der Waals surface area contributed by atoms with Gasteiger partial charge in [0.05, 0.1) is 12.0 Å². The molecule has 3 rings (SSSR count). The first kappa shape index (κ1) is 15.4. The lowest BCUT2D eigenvalue weighted by molar-refractivity contribution is -0.121. The zero-order valence-corrected chi connectivity index (χ0v) is 12.7. The summed E-state index contributed by atoms with van der Waals surface area (Å²) in [7, 11) is 0. The van der Waals surface area contributed by atoms with Crippen LogP contribution in [0.1, 0.15) is 29.7 Å². The number of benzene rings is 1. The van der Waals surface area contributed by atoms with E-state index in [1.165, 1.54) is 23.0 Å². The minimum Gasteiger partial charge on any atom is -0.350 e. The van der Waals surface area contributed by atoms with Crippen LogP contribution in [0.2, 0.25) is 0 Å². The van der Waals surface area contributed by atoms with Gasteiger partial charge in [-0.05, 0) is 43.4 Å². The molecule has 0 saturated carbocycles. The van der Waals surface area contributed by atoms with Crippen molar-refractivity contribution in [2.24, 2.45) is 0 Å². The highest BCUT2D eigenvalue weighted by atomic mass is 19.1. The van der Waals surface area contributed by atoms with Gasteiger partial charge in [-0.2, -0.15) is 0 Å². The lowest BCUT2D eigenvalue weighted by Gasteiger charge is -2.15. The molecule has 1 N–H and O–H groups in total. The van der Waals surface area contributed by atoms with Crippen LogP contribution in [-0.2, 0) is 30.7 Å². The van der Waals surface area contributed by atoms with Crippen molar-refractivity contribution in [1.82, 2.24) is 14.9 Å². The molecule has 0 bridgehead atoms. The number of hydrogen-bond donors (Lipinski definition) is 1. The van der Waals surface area contributed by atoms with Gasteiger partial charge in [0.15, 0.2) is 0 Å². The summed E-state index contributed by atoms with van der Waals surface area (Å²) in [5, 5.41) is 2.73. The molecule has 0 unspecified atom stereocenters. The zero-order chi connectivity index (χ0) is 16.2. The zero-order valence-electron chi connectivity index (χ0n) is 12.7.